The molecule has 0 bridgehead atoms. The second-order valence-corrected chi connectivity index (χ2v) is 5.80. The average Bonchev–Trinajstić information content (AvgIpc) is 2.46. The van der Waals surface area contributed by atoms with Gasteiger partial charge in [-0.05, 0) is 25.2 Å². The zero-order chi connectivity index (χ0) is 14.1. The maximum absolute atomic E-state index is 14.1. The van der Waals surface area contributed by atoms with Crippen molar-refractivity contribution in [3.05, 3.63) is 63.9 Å². The summed E-state index contributed by atoms with van der Waals surface area (Å²) in [6.45, 7) is 0. The van der Waals surface area contributed by atoms with Crippen molar-refractivity contribution in [2.45, 2.75) is 18.6 Å². The smallest absolute Gasteiger partial charge is 0.131 e. The summed E-state index contributed by atoms with van der Waals surface area (Å²) in [6, 6.07) is 13.2. The van der Waals surface area contributed by atoms with Gasteiger partial charge in [-0.2, -0.15) is 0 Å². The van der Waals surface area contributed by atoms with E-state index < -0.39 is 0 Å². The lowest BCUT2D eigenvalue weighted by molar-refractivity contribution is 0.150. The molecule has 0 saturated heterocycles. The lowest BCUT2D eigenvalue weighted by atomic mass is 9.93. The number of fused-ring (bicyclic) bond motifs is 1. The maximum atomic E-state index is 14.1. The number of hydrogen-bond donors (Lipinski definition) is 1. The van der Waals surface area contributed by atoms with Crippen LogP contribution in [0.5, 0.6) is 5.75 Å². The zero-order valence-electron chi connectivity index (χ0n) is 11.1. The molecule has 4 heteroatoms. The molecule has 0 amide bonds. The summed E-state index contributed by atoms with van der Waals surface area (Å²) in [6.07, 6.45) is 0.446. The topological polar surface area (TPSA) is 21.3 Å². The Bertz CT molecular complexity index is 632. The fourth-order valence-electron chi connectivity index (χ4n) is 2.64. The van der Waals surface area contributed by atoms with E-state index in [1.54, 1.807) is 6.07 Å². The number of hydrogen-bond acceptors (Lipinski definition) is 2. The van der Waals surface area contributed by atoms with Gasteiger partial charge < -0.3 is 10.1 Å². The minimum absolute atomic E-state index is 0.174. The Kier molecular flexibility index (Phi) is 3.76. The van der Waals surface area contributed by atoms with E-state index in [1.165, 1.54) is 6.07 Å². The van der Waals surface area contributed by atoms with Crippen LogP contribution in [-0.4, -0.2) is 7.05 Å². The average molecular weight is 336 g/mol. The highest BCUT2D eigenvalue weighted by molar-refractivity contribution is 9.10. The molecule has 0 radical (unpaired) electrons. The molecule has 0 fully saturated rings. The van der Waals surface area contributed by atoms with E-state index in [4.69, 9.17) is 4.74 Å². The van der Waals surface area contributed by atoms with Crippen LogP contribution in [0.3, 0.4) is 0 Å². The van der Waals surface area contributed by atoms with Gasteiger partial charge in [0.15, 0.2) is 0 Å². The molecule has 20 heavy (non-hydrogen) atoms. The molecule has 1 aliphatic rings. The molecule has 3 rings (SSSR count). The van der Waals surface area contributed by atoms with Gasteiger partial charge in [-0.3, -0.25) is 0 Å². The van der Waals surface area contributed by atoms with E-state index in [1.807, 2.05) is 37.4 Å². The highest BCUT2D eigenvalue weighted by Gasteiger charge is 2.29. The van der Waals surface area contributed by atoms with Crippen LogP contribution in [0.25, 0.3) is 0 Å². The second-order valence-electron chi connectivity index (χ2n) is 4.89. The lowest BCUT2D eigenvalue weighted by Crippen LogP contribution is -2.27. The van der Waals surface area contributed by atoms with E-state index >= 15 is 0 Å². The molecule has 0 aromatic heterocycles. The van der Waals surface area contributed by atoms with Crippen LogP contribution in [0.2, 0.25) is 0 Å². The molecule has 2 atom stereocenters. The minimum Gasteiger partial charge on any atom is -0.485 e. The van der Waals surface area contributed by atoms with Gasteiger partial charge in [-0.15, -0.1) is 0 Å². The lowest BCUT2D eigenvalue weighted by Gasteiger charge is -2.32. The third-order valence-corrected chi connectivity index (χ3v) is 4.16. The minimum atomic E-state index is -0.268. The van der Waals surface area contributed by atoms with Crippen LogP contribution in [0.4, 0.5) is 4.39 Å². The van der Waals surface area contributed by atoms with Crippen molar-refractivity contribution in [2.75, 3.05) is 7.05 Å². The van der Waals surface area contributed by atoms with E-state index in [-0.39, 0.29) is 18.0 Å². The van der Waals surface area contributed by atoms with Gasteiger partial charge in [-0.1, -0.05) is 40.2 Å². The Hall–Kier alpha value is -1.39. The normalized spacial score (nSPS) is 21.1. The third kappa shape index (κ3) is 2.45. The van der Waals surface area contributed by atoms with Gasteiger partial charge in [0.1, 0.15) is 17.7 Å². The van der Waals surface area contributed by atoms with Crippen LogP contribution >= 0.6 is 15.9 Å². The predicted molar refractivity (Wildman–Crippen MR) is 80.3 cm³/mol. The fraction of sp³-hybridized carbons (Fsp3) is 0.250. The second kappa shape index (κ2) is 5.54. The Labute approximate surface area is 126 Å². The number of ether oxygens (including phenoxy) is 1. The van der Waals surface area contributed by atoms with Crippen molar-refractivity contribution in [1.29, 1.82) is 0 Å². The number of nitrogens with one attached hydrogen (secondary N) is 1. The number of para-hydroxylation sites is 1. The van der Waals surface area contributed by atoms with Crippen LogP contribution in [0, 0.1) is 5.82 Å². The van der Waals surface area contributed by atoms with Crippen LogP contribution < -0.4 is 10.1 Å². The summed E-state index contributed by atoms with van der Waals surface area (Å²) in [4.78, 5) is 0. The molecule has 1 aliphatic heterocycles. The summed E-state index contributed by atoms with van der Waals surface area (Å²) in [5, 5.41) is 3.28. The Morgan fingerprint density at radius 2 is 2.00 bits per heavy atom. The summed E-state index contributed by atoms with van der Waals surface area (Å²) >= 11 is 3.28. The van der Waals surface area contributed by atoms with Crippen molar-refractivity contribution >= 4 is 15.9 Å². The first-order valence-corrected chi connectivity index (χ1v) is 7.36. The monoisotopic (exact) mass is 335 g/mol. The largest absolute Gasteiger partial charge is 0.485 e. The first-order chi connectivity index (χ1) is 9.69. The van der Waals surface area contributed by atoms with Crippen LogP contribution in [0.1, 0.15) is 29.7 Å². The van der Waals surface area contributed by atoms with Gasteiger partial charge in [0.2, 0.25) is 0 Å². The van der Waals surface area contributed by atoms with E-state index in [2.05, 4.69) is 21.2 Å². The molecular formula is C16H15BrFNO. The first kappa shape index (κ1) is 13.6. The summed E-state index contributed by atoms with van der Waals surface area (Å²) in [7, 11) is 1.92. The molecule has 0 aliphatic carbocycles. The Morgan fingerprint density at radius 1 is 1.20 bits per heavy atom. The summed E-state index contributed by atoms with van der Waals surface area (Å²) < 4.78 is 20.8. The van der Waals surface area contributed by atoms with Crippen molar-refractivity contribution in [1.82, 2.24) is 5.32 Å². The molecule has 1 heterocycles. The molecule has 2 aromatic carbocycles. The van der Waals surface area contributed by atoms with Crippen molar-refractivity contribution in [3.63, 3.8) is 0 Å². The molecule has 2 unspecified atom stereocenters. The van der Waals surface area contributed by atoms with Gasteiger partial charge in [0.05, 0.1) is 0 Å². The quantitative estimate of drug-likeness (QED) is 0.879. The van der Waals surface area contributed by atoms with Gasteiger partial charge in [-0.25, -0.2) is 4.39 Å². The molecule has 0 spiro atoms. The van der Waals surface area contributed by atoms with E-state index in [0.717, 1.165) is 15.8 Å². The summed E-state index contributed by atoms with van der Waals surface area (Å²) in [5.41, 5.74) is 1.73. The Morgan fingerprint density at radius 3 is 2.75 bits per heavy atom. The van der Waals surface area contributed by atoms with E-state index in [9.17, 15) is 4.39 Å². The van der Waals surface area contributed by atoms with Crippen LogP contribution in [0.15, 0.2) is 46.9 Å². The van der Waals surface area contributed by atoms with Crippen molar-refractivity contribution in [2.24, 2.45) is 0 Å². The molecule has 104 valence electrons. The van der Waals surface area contributed by atoms with Crippen molar-refractivity contribution < 1.29 is 9.13 Å². The highest BCUT2D eigenvalue weighted by atomic mass is 79.9. The SMILES string of the molecule is CNC1CC(c2ccc(Br)cc2F)Oc2ccccc21. The number of benzene rings is 2. The predicted octanol–water partition coefficient (Wildman–Crippen LogP) is 4.37. The van der Waals surface area contributed by atoms with Gasteiger partial charge in [0.25, 0.3) is 0 Å². The number of rotatable bonds is 2. The molecule has 2 aromatic rings. The van der Waals surface area contributed by atoms with Crippen molar-refractivity contribution in [3.8, 4) is 5.75 Å². The van der Waals surface area contributed by atoms with E-state index in [0.29, 0.717) is 12.0 Å². The Balaban J connectivity index is 1.97. The third-order valence-electron chi connectivity index (χ3n) is 3.67. The summed E-state index contributed by atoms with van der Waals surface area (Å²) in [5.74, 6) is 0.587. The van der Waals surface area contributed by atoms with Gasteiger partial charge >= 0.3 is 0 Å². The molecule has 1 N–H and O–H groups in total. The van der Waals surface area contributed by atoms with Crippen LogP contribution in [-0.2, 0) is 0 Å². The van der Waals surface area contributed by atoms with Gasteiger partial charge in [0, 0.05) is 28.1 Å². The number of halogens is 2. The first-order valence-electron chi connectivity index (χ1n) is 6.57. The molecular weight excluding hydrogens is 321 g/mol. The zero-order valence-corrected chi connectivity index (χ0v) is 12.7. The fourth-order valence-corrected chi connectivity index (χ4v) is 2.98. The maximum Gasteiger partial charge on any atom is 0.131 e. The standard InChI is InChI=1S/C16H15BrFNO/c1-19-14-9-16(11-7-6-10(17)8-13(11)18)20-15-5-3-2-4-12(14)15/h2-8,14,16,19H,9H2,1H3. The molecule has 2 nitrogen and oxygen atoms in total. The highest BCUT2D eigenvalue weighted by Crippen LogP contribution is 2.41. The molecule has 0 saturated carbocycles.